The van der Waals surface area contributed by atoms with E-state index in [9.17, 15) is 0 Å². The van der Waals surface area contributed by atoms with Crippen LogP contribution < -0.4 is 10.6 Å². The molecule has 0 amide bonds. The molecule has 4 heteroatoms. The molecule has 0 saturated heterocycles. The molecule has 0 heterocycles. The van der Waals surface area contributed by atoms with Crippen LogP contribution in [0, 0.1) is 12.3 Å². The zero-order valence-electron chi connectivity index (χ0n) is 10.8. The second kappa shape index (κ2) is 6.25. The Hall–Kier alpha value is -1.55. The van der Waals surface area contributed by atoms with Gasteiger partial charge in [0.2, 0.25) is 0 Å². The SMILES string of the molecule is COCCCN(C)c1ccc(C)cc1C(=N)N. The predicted octanol–water partition coefficient (Wildman–Crippen LogP) is 1.75. The van der Waals surface area contributed by atoms with Gasteiger partial charge in [-0.1, -0.05) is 11.6 Å². The van der Waals surface area contributed by atoms with Gasteiger partial charge in [-0.25, -0.2) is 0 Å². The number of methoxy groups -OCH3 is 1. The number of amidine groups is 1. The molecule has 0 aliphatic rings. The normalized spacial score (nSPS) is 10.3. The molecular formula is C13H21N3O. The summed E-state index contributed by atoms with van der Waals surface area (Å²) < 4.78 is 5.03. The number of hydrogen-bond donors (Lipinski definition) is 2. The summed E-state index contributed by atoms with van der Waals surface area (Å²) in [5.74, 6) is 0.113. The average molecular weight is 235 g/mol. The lowest BCUT2D eigenvalue weighted by atomic mass is 10.1. The molecule has 4 nitrogen and oxygen atoms in total. The van der Waals surface area contributed by atoms with Crippen molar-refractivity contribution in [2.75, 3.05) is 32.2 Å². The van der Waals surface area contributed by atoms with E-state index in [1.165, 1.54) is 0 Å². The minimum Gasteiger partial charge on any atom is -0.385 e. The van der Waals surface area contributed by atoms with Gasteiger partial charge in [0.05, 0.1) is 0 Å². The molecule has 3 N–H and O–H groups in total. The van der Waals surface area contributed by atoms with E-state index in [-0.39, 0.29) is 5.84 Å². The number of hydrogen-bond acceptors (Lipinski definition) is 3. The molecule has 1 aromatic rings. The molecule has 0 aromatic heterocycles. The number of rotatable bonds is 6. The summed E-state index contributed by atoms with van der Waals surface area (Å²) in [6.07, 6.45) is 0.957. The fourth-order valence-corrected chi connectivity index (χ4v) is 1.76. The molecule has 0 radical (unpaired) electrons. The molecule has 17 heavy (non-hydrogen) atoms. The van der Waals surface area contributed by atoms with Gasteiger partial charge in [-0.3, -0.25) is 5.41 Å². The summed E-state index contributed by atoms with van der Waals surface area (Å²) in [4.78, 5) is 2.11. The minimum absolute atomic E-state index is 0.113. The summed E-state index contributed by atoms with van der Waals surface area (Å²) in [5, 5.41) is 7.61. The van der Waals surface area contributed by atoms with E-state index in [1.807, 2.05) is 32.2 Å². The van der Waals surface area contributed by atoms with Gasteiger partial charge >= 0.3 is 0 Å². The second-order valence-electron chi connectivity index (χ2n) is 4.20. The molecule has 0 saturated carbocycles. The van der Waals surface area contributed by atoms with Gasteiger partial charge in [-0.15, -0.1) is 0 Å². The number of aryl methyl sites for hydroxylation is 1. The lowest BCUT2D eigenvalue weighted by Crippen LogP contribution is -2.24. The molecule has 0 bridgehead atoms. The quantitative estimate of drug-likeness (QED) is 0.448. The Balaban J connectivity index is 2.84. The minimum atomic E-state index is 0.113. The third kappa shape index (κ3) is 3.75. The fourth-order valence-electron chi connectivity index (χ4n) is 1.76. The van der Waals surface area contributed by atoms with Gasteiger partial charge in [0.25, 0.3) is 0 Å². The molecule has 1 rings (SSSR count). The van der Waals surface area contributed by atoms with Crippen LogP contribution in [0.15, 0.2) is 18.2 Å². The highest BCUT2D eigenvalue weighted by atomic mass is 16.5. The van der Waals surface area contributed by atoms with Crippen molar-refractivity contribution in [2.24, 2.45) is 5.73 Å². The number of nitrogens with two attached hydrogens (primary N) is 1. The lowest BCUT2D eigenvalue weighted by Gasteiger charge is -2.22. The fraction of sp³-hybridized carbons (Fsp3) is 0.462. The van der Waals surface area contributed by atoms with Crippen LogP contribution in [-0.4, -0.2) is 33.1 Å². The zero-order valence-corrected chi connectivity index (χ0v) is 10.8. The highest BCUT2D eigenvalue weighted by Gasteiger charge is 2.09. The van der Waals surface area contributed by atoms with Gasteiger partial charge < -0.3 is 15.4 Å². The largest absolute Gasteiger partial charge is 0.385 e. The summed E-state index contributed by atoms with van der Waals surface area (Å²) >= 11 is 0. The molecule has 0 atom stereocenters. The van der Waals surface area contributed by atoms with E-state index in [4.69, 9.17) is 15.9 Å². The highest BCUT2D eigenvalue weighted by molar-refractivity contribution is 6.00. The molecular weight excluding hydrogens is 214 g/mol. The van der Waals surface area contributed by atoms with Crippen molar-refractivity contribution >= 4 is 11.5 Å². The molecule has 0 aliphatic carbocycles. The van der Waals surface area contributed by atoms with E-state index in [0.29, 0.717) is 0 Å². The van der Waals surface area contributed by atoms with Crippen LogP contribution in [0.1, 0.15) is 17.5 Å². The van der Waals surface area contributed by atoms with Crippen molar-refractivity contribution in [3.63, 3.8) is 0 Å². The van der Waals surface area contributed by atoms with Crippen LogP contribution in [0.25, 0.3) is 0 Å². The summed E-state index contributed by atoms with van der Waals surface area (Å²) in [6.45, 7) is 3.63. The van der Waals surface area contributed by atoms with Gasteiger partial charge in [-0.2, -0.15) is 0 Å². The average Bonchev–Trinajstić information content (AvgIpc) is 2.29. The monoisotopic (exact) mass is 235 g/mol. The maximum Gasteiger partial charge on any atom is 0.124 e. The second-order valence-corrected chi connectivity index (χ2v) is 4.20. The molecule has 0 aliphatic heterocycles. The van der Waals surface area contributed by atoms with Crippen LogP contribution >= 0.6 is 0 Å². The number of ether oxygens (including phenoxy) is 1. The van der Waals surface area contributed by atoms with Crippen molar-refractivity contribution in [2.45, 2.75) is 13.3 Å². The number of benzene rings is 1. The van der Waals surface area contributed by atoms with Crippen molar-refractivity contribution in [1.82, 2.24) is 0 Å². The first kappa shape index (κ1) is 13.5. The van der Waals surface area contributed by atoms with Crippen molar-refractivity contribution in [1.29, 1.82) is 5.41 Å². The Kier molecular flexibility index (Phi) is 4.97. The molecule has 94 valence electrons. The van der Waals surface area contributed by atoms with Gasteiger partial charge in [0.15, 0.2) is 0 Å². The Labute approximate surface area is 103 Å². The first-order chi connectivity index (χ1) is 8.06. The number of anilines is 1. The Morgan fingerprint density at radius 1 is 1.47 bits per heavy atom. The highest BCUT2D eigenvalue weighted by Crippen LogP contribution is 2.20. The smallest absolute Gasteiger partial charge is 0.124 e. The van der Waals surface area contributed by atoms with Gasteiger partial charge in [0, 0.05) is 38.6 Å². The van der Waals surface area contributed by atoms with E-state index in [2.05, 4.69) is 4.90 Å². The van der Waals surface area contributed by atoms with E-state index in [1.54, 1.807) is 7.11 Å². The van der Waals surface area contributed by atoms with Crippen molar-refractivity contribution in [3.8, 4) is 0 Å². The maximum atomic E-state index is 7.61. The van der Waals surface area contributed by atoms with Crippen molar-refractivity contribution < 1.29 is 4.74 Å². The van der Waals surface area contributed by atoms with E-state index >= 15 is 0 Å². The number of nitrogen functional groups attached to an aromatic ring is 1. The Morgan fingerprint density at radius 3 is 2.76 bits per heavy atom. The molecule has 1 aromatic carbocycles. The zero-order chi connectivity index (χ0) is 12.8. The van der Waals surface area contributed by atoms with Crippen LogP contribution in [0.4, 0.5) is 5.69 Å². The molecule has 0 spiro atoms. The summed E-state index contributed by atoms with van der Waals surface area (Å²) in [6, 6.07) is 6.00. The number of nitrogens with zero attached hydrogens (tertiary/aromatic N) is 1. The topological polar surface area (TPSA) is 62.3 Å². The van der Waals surface area contributed by atoms with Crippen LogP contribution in [-0.2, 0) is 4.74 Å². The third-order valence-electron chi connectivity index (χ3n) is 2.70. The summed E-state index contributed by atoms with van der Waals surface area (Å²) in [7, 11) is 3.71. The van der Waals surface area contributed by atoms with Crippen LogP contribution in [0.2, 0.25) is 0 Å². The van der Waals surface area contributed by atoms with E-state index < -0.39 is 0 Å². The number of nitrogens with one attached hydrogen (secondary N) is 1. The van der Waals surface area contributed by atoms with Gasteiger partial charge in [0.1, 0.15) is 5.84 Å². The lowest BCUT2D eigenvalue weighted by molar-refractivity contribution is 0.196. The molecule has 0 unspecified atom stereocenters. The first-order valence-corrected chi connectivity index (χ1v) is 5.71. The predicted molar refractivity (Wildman–Crippen MR) is 72.0 cm³/mol. The molecule has 0 fully saturated rings. The Morgan fingerprint density at radius 2 is 2.18 bits per heavy atom. The van der Waals surface area contributed by atoms with Crippen LogP contribution in [0.5, 0.6) is 0 Å². The maximum absolute atomic E-state index is 7.61. The van der Waals surface area contributed by atoms with Crippen LogP contribution in [0.3, 0.4) is 0 Å². The third-order valence-corrected chi connectivity index (χ3v) is 2.70. The van der Waals surface area contributed by atoms with Crippen molar-refractivity contribution in [3.05, 3.63) is 29.3 Å². The Bertz CT molecular complexity index is 390. The standard InChI is InChI=1S/C13H21N3O/c1-10-5-6-12(11(9-10)13(14)15)16(2)7-4-8-17-3/h5-6,9H,4,7-8H2,1-3H3,(H3,14,15). The summed E-state index contributed by atoms with van der Waals surface area (Å²) in [5.41, 5.74) is 8.52. The van der Waals surface area contributed by atoms with Gasteiger partial charge in [-0.05, 0) is 25.5 Å². The van der Waals surface area contributed by atoms with E-state index in [0.717, 1.165) is 36.4 Å². The first-order valence-electron chi connectivity index (χ1n) is 5.71.